The second-order valence-electron chi connectivity index (χ2n) is 10.1. The van der Waals surface area contributed by atoms with Crippen LogP contribution in [0.1, 0.15) is 10.7 Å². The van der Waals surface area contributed by atoms with Crippen molar-refractivity contribution in [1.29, 1.82) is 0 Å². The number of hydrogen-bond acceptors (Lipinski definition) is 4. The Kier molecular flexibility index (Phi) is 4.40. The molecule has 2 aliphatic carbocycles. The van der Waals surface area contributed by atoms with Crippen LogP contribution < -0.4 is 0 Å². The monoisotopic (exact) mass is 526 g/mol. The highest BCUT2D eigenvalue weighted by Gasteiger charge is 2.32. The van der Waals surface area contributed by atoms with E-state index in [4.69, 9.17) is 9.97 Å². The number of fused-ring (bicyclic) bond motifs is 8. The molecule has 3 aromatic heterocycles. The van der Waals surface area contributed by atoms with Crippen molar-refractivity contribution in [3.05, 3.63) is 120 Å². The van der Waals surface area contributed by atoms with E-state index in [0.717, 1.165) is 33.1 Å². The standard InChI is InChI=1S/C32H22N4S2/c1-7-15-25-19(9-1)17-27(37-25)35-23-13-5-3-11-21(23)29-31(35)34-32-30(33-29)22-12-4-6-14-24(22)36(32)28-18-20-10-2-8-16-26(20)38-28/h1-18,25-28H. The Morgan fingerprint density at radius 2 is 1.08 bits per heavy atom. The van der Waals surface area contributed by atoms with Crippen molar-refractivity contribution >= 4 is 67.7 Å². The van der Waals surface area contributed by atoms with Gasteiger partial charge in [0.2, 0.25) is 0 Å². The minimum atomic E-state index is 0.162. The zero-order valence-corrected chi connectivity index (χ0v) is 21.9. The molecule has 2 aromatic carbocycles. The number of thioether (sulfide) groups is 2. The van der Waals surface area contributed by atoms with E-state index in [-0.39, 0.29) is 10.7 Å². The van der Waals surface area contributed by atoms with Crippen LogP contribution in [0.5, 0.6) is 0 Å². The quantitative estimate of drug-likeness (QED) is 0.233. The van der Waals surface area contributed by atoms with Crippen LogP contribution >= 0.6 is 23.5 Å². The number of hydrogen-bond donors (Lipinski definition) is 0. The van der Waals surface area contributed by atoms with Crippen LogP contribution in [0.3, 0.4) is 0 Å². The molecule has 0 spiro atoms. The molecule has 2 aliphatic heterocycles. The lowest BCUT2D eigenvalue weighted by Gasteiger charge is -2.16. The SMILES string of the molecule is C1=CC2=CC(n3c4ccccc4c4nc5c6ccccc6n(C6C=C7C=CC=CC7S6)c5nc43)SC2C=C1. The summed E-state index contributed by atoms with van der Waals surface area (Å²) in [5.74, 6) is 0. The van der Waals surface area contributed by atoms with Crippen molar-refractivity contribution in [2.75, 3.05) is 0 Å². The fraction of sp³-hybridized carbons (Fsp3) is 0.125. The van der Waals surface area contributed by atoms with Gasteiger partial charge in [-0.05, 0) is 35.4 Å². The molecule has 38 heavy (non-hydrogen) atoms. The first kappa shape index (κ1) is 21.2. The topological polar surface area (TPSA) is 35.6 Å². The van der Waals surface area contributed by atoms with E-state index in [1.165, 1.54) is 22.2 Å². The lowest BCUT2D eigenvalue weighted by molar-refractivity contribution is 0.846. The van der Waals surface area contributed by atoms with Gasteiger partial charge >= 0.3 is 0 Å². The van der Waals surface area contributed by atoms with Crippen LogP contribution in [0.25, 0.3) is 44.1 Å². The molecule has 182 valence electrons. The largest absolute Gasteiger partial charge is 0.308 e. The van der Waals surface area contributed by atoms with Gasteiger partial charge < -0.3 is 9.13 Å². The minimum Gasteiger partial charge on any atom is -0.308 e. The van der Waals surface area contributed by atoms with E-state index < -0.39 is 0 Å². The van der Waals surface area contributed by atoms with Gasteiger partial charge in [-0.25, -0.2) is 9.97 Å². The van der Waals surface area contributed by atoms with Crippen LogP contribution in [0.4, 0.5) is 0 Å². The third-order valence-corrected chi connectivity index (χ3v) is 10.6. The van der Waals surface area contributed by atoms with Crippen molar-refractivity contribution < 1.29 is 0 Å². The van der Waals surface area contributed by atoms with Crippen molar-refractivity contribution in [2.24, 2.45) is 0 Å². The molecular formula is C32H22N4S2. The minimum absolute atomic E-state index is 0.162. The van der Waals surface area contributed by atoms with Crippen LogP contribution in [0.15, 0.2) is 120 Å². The Morgan fingerprint density at radius 1 is 0.579 bits per heavy atom. The second kappa shape index (κ2) is 7.88. The summed E-state index contributed by atoms with van der Waals surface area (Å²) in [6.45, 7) is 0. The van der Waals surface area contributed by atoms with Crippen LogP contribution in [-0.4, -0.2) is 29.6 Å². The lowest BCUT2D eigenvalue weighted by atomic mass is 10.1. The number of allylic oxidation sites excluding steroid dienone is 6. The Labute approximate surface area is 227 Å². The summed E-state index contributed by atoms with van der Waals surface area (Å²) in [5, 5.41) is 3.41. The van der Waals surface area contributed by atoms with Gasteiger partial charge in [0.15, 0.2) is 11.3 Å². The van der Waals surface area contributed by atoms with E-state index in [1.54, 1.807) is 0 Å². The molecule has 0 fully saturated rings. The smallest absolute Gasteiger partial charge is 0.163 e. The first-order valence-corrected chi connectivity index (χ1v) is 14.9. The first-order chi connectivity index (χ1) is 18.8. The molecular weight excluding hydrogens is 505 g/mol. The maximum atomic E-state index is 5.48. The van der Waals surface area contributed by atoms with Gasteiger partial charge in [-0.15, -0.1) is 23.5 Å². The third kappa shape index (κ3) is 2.90. The number of para-hydroxylation sites is 2. The molecule has 0 N–H and O–H groups in total. The summed E-state index contributed by atoms with van der Waals surface area (Å²) in [6.07, 6.45) is 22.4. The summed E-state index contributed by atoms with van der Waals surface area (Å²) in [5.41, 5.74) is 8.98. The van der Waals surface area contributed by atoms with Crippen LogP contribution in [-0.2, 0) is 0 Å². The Bertz CT molecular complexity index is 1870. The van der Waals surface area contributed by atoms with Crippen molar-refractivity contribution in [1.82, 2.24) is 19.1 Å². The van der Waals surface area contributed by atoms with Gasteiger partial charge in [0.05, 0.1) is 21.5 Å². The van der Waals surface area contributed by atoms with E-state index in [2.05, 4.69) is 118 Å². The van der Waals surface area contributed by atoms with E-state index in [9.17, 15) is 0 Å². The molecule has 5 aromatic rings. The fourth-order valence-electron chi connectivity index (χ4n) is 6.23. The van der Waals surface area contributed by atoms with Crippen LogP contribution in [0.2, 0.25) is 0 Å². The highest BCUT2D eigenvalue weighted by atomic mass is 32.2. The Morgan fingerprint density at radius 3 is 1.58 bits per heavy atom. The number of nitrogens with zero attached hydrogens (tertiary/aromatic N) is 4. The molecule has 4 nitrogen and oxygen atoms in total. The average molecular weight is 527 g/mol. The van der Waals surface area contributed by atoms with E-state index >= 15 is 0 Å². The first-order valence-electron chi connectivity index (χ1n) is 13.0. The zero-order chi connectivity index (χ0) is 24.8. The predicted octanol–water partition coefficient (Wildman–Crippen LogP) is 8.03. The molecule has 6 heteroatoms. The van der Waals surface area contributed by atoms with Crippen molar-refractivity contribution in [3.8, 4) is 0 Å². The normalized spacial score (nSPS) is 25.6. The van der Waals surface area contributed by atoms with E-state index in [0.29, 0.717) is 10.5 Å². The predicted molar refractivity (Wildman–Crippen MR) is 162 cm³/mol. The summed E-state index contributed by atoms with van der Waals surface area (Å²) >= 11 is 3.93. The third-order valence-electron chi connectivity index (χ3n) is 7.93. The number of rotatable bonds is 2. The van der Waals surface area contributed by atoms with Crippen LogP contribution in [0, 0.1) is 0 Å². The fourth-order valence-corrected chi connectivity index (χ4v) is 8.96. The molecule has 4 aliphatic rings. The summed E-state index contributed by atoms with van der Waals surface area (Å²) in [6, 6.07) is 17.3. The molecule has 0 saturated heterocycles. The maximum absolute atomic E-state index is 5.48. The molecule has 4 atom stereocenters. The van der Waals surface area contributed by atoms with Gasteiger partial charge in [0.1, 0.15) is 21.8 Å². The second-order valence-corrected chi connectivity index (χ2v) is 12.6. The number of benzene rings is 2. The number of aromatic nitrogens is 4. The Balaban J connectivity index is 1.34. The lowest BCUT2D eigenvalue weighted by Crippen LogP contribution is -2.06. The highest BCUT2D eigenvalue weighted by molar-refractivity contribution is 8.01. The molecule has 0 amide bonds. The summed E-state index contributed by atoms with van der Waals surface area (Å²) in [7, 11) is 0. The Hall–Kier alpha value is -3.74. The van der Waals surface area contributed by atoms with Crippen molar-refractivity contribution in [3.63, 3.8) is 0 Å². The van der Waals surface area contributed by atoms with Crippen molar-refractivity contribution in [2.45, 2.75) is 21.2 Å². The summed E-state index contributed by atoms with van der Waals surface area (Å²) in [4.78, 5) is 10.9. The molecule has 0 saturated carbocycles. The van der Waals surface area contributed by atoms with Gasteiger partial charge in [-0.1, -0.05) is 85.0 Å². The van der Waals surface area contributed by atoms with E-state index in [1.807, 2.05) is 23.5 Å². The van der Waals surface area contributed by atoms with Gasteiger partial charge in [0.25, 0.3) is 0 Å². The van der Waals surface area contributed by atoms with Gasteiger partial charge in [-0.3, -0.25) is 0 Å². The molecule has 0 radical (unpaired) electrons. The summed E-state index contributed by atoms with van der Waals surface area (Å²) < 4.78 is 4.81. The molecule has 0 bridgehead atoms. The molecule has 9 rings (SSSR count). The molecule has 4 unspecified atom stereocenters. The zero-order valence-electron chi connectivity index (χ0n) is 20.3. The maximum Gasteiger partial charge on any atom is 0.163 e. The van der Waals surface area contributed by atoms with Gasteiger partial charge in [-0.2, -0.15) is 0 Å². The highest BCUT2D eigenvalue weighted by Crippen LogP contribution is 2.48. The average Bonchev–Trinajstić information content (AvgIpc) is 3.71. The van der Waals surface area contributed by atoms with Gasteiger partial charge in [0, 0.05) is 10.8 Å². The molecule has 5 heterocycles.